The Hall–Kier alpha value is -7.66. The molecule has 454 valence electrons. The molecule has 9 rings (SSSR count). The molecule has 5 heterocycles. The molecule has 4 atom stereocenters. The number of hydrogen-bond donors (Lipinski definition) is 5. The summed E-state index contributed by atoms with van der Waals surface area (Å²) in [5, 5.41) is 30.8. The number of ether oxygens (including phenoxy) is 1. The van der Waals surface area contributed by atoms with Gasteiger partial charge < -0.3 is 40.3 Å². The number of aryl methyl sites for hydroxylation is 3. The first-order valence-electron chi connectivity index (χ1n) is 29.2. The third kappa shape index (κ3) is 15.5. The summed E-state index contributed by atoms with van der Waals surface area (Å²) < 4.78 is 22.3. The zero-order chi connectivity index (χ0) is 61.2. The van der Waals surface area contributed by atoms with Crippen LogP contribution in [0.4, 0.5) is 14.7 Å². The van der Waals surface area contributed by atoms with E-state index in [9.17, 15) is 39.0 Å². The summed E-state index contributed by atoms with van der Waals surface area (Å²) in [6, 6.07) is 23.7. The number of aromatic nitrogens is 3. The number of carboxylic acids is 1. The zero-order valence-electron chi connectivity index (χ0n) is 49.3. The predicted molar refractivity (Wildman–Crippen MR) is 333 cm³/mol. The van der Waals surface area contributed by atoms with Crippen molar-refractivity contribution in [3.63, 3.8) is 0 Å². The fraction of sp³-hybridized carbons (Fsp3) is 0.422. The van der Waals surface area contributed by atoms with Crippen LogP contribution < -0.4 is 25.6 Å². The number of carboxylic acid groups (broad SMARTS) is 1. The molecule has 0 saturated carbocycles. The summed E-state index contributed by atoms with van der Waals surface area (Å²) in [5.41, 5.74) is 7.79. The molecule has 18 nitrogen and oxygen atoms in total. The highest BCUT2D eigenvalue weighted by Gasteiger charge is 2.45. The van der Waals surface area contributed by atoms with Crippen LogP contribution in [0.5, 0.6) is 5.75 Å². The molecule has 1 fully saturated rings. The van der Waals surface area contributed by atoms with Crippen LogP contribution in [0.15, 0.2) is 90.4 Å². The van der Waals surface area contributed by atoms with E-state index in [2.05, 4.69) is 30.9 Å². The van der Waals surface area contributed by atoms with E-state index in [1.165, 1.54) is 33.6 Å². The minimum absolute atomic E-state index is 0.0332. The quantitative estimate of drug-likeness (QED) is 0.0335. The second-order valence-electron chi connectivity index (χ2n) is 23.2. The van der Waals surface area contributed by atoms with E-state index in [4.69, 9.17) is 4.74 Å². The zero-order valence-corrected chi connectivity index (χ0v) is 51.8. The maximum Gasteiger partial charge on any atom is 0.355 e. The average molecular weight is 1230 g/mol. The van der Waals surface area contributed by atoms with Crippen molar-refractivity contribution in [2.24, 2.45) is 5.41 Å². The second-order valence-corrected chi connectivity index (χ2v) is 26.1. The number of carbonyl (C=O) groups excluding carboxylic acids is 5. The Balaban J connectivity index is 0.689. The van der Waals surface area contributed by atoms with Crippen LogP contribution in [0.3, 0.4) is 0 Å². The molecule has 1 saturated heterocycles. The van der Waals surface area contributed by atoms with Gasteiger partial charge in [0, 0.05) is 62.9 Å². The van der Waals surface area contributed by atoms with Gasteiger partial charge in [0.1, 0.15) is 12.1 Å². The molecule has 0 aliphatic carbocycles. The number of anilines is 2. The lowest BCUT2D eigenvalue weighted by molar-refractivity contribution is -0.144. The molecule has 5 N–H and O–H groups in total. The molecular weight excluding hydrogens is 1150 g/mol. The van der Waals surface area contributed by atoms with Gasteiger partial charge >= 0.3 is 5.97 Å². The molecule has 0 bridgehead atoms. The number of unbranched alkanes of at least 4 members (excludes halogenated alkanes) is 2. The largest absolute Gasteiger partial charge is 0.490 e. The number of nitrogens with zero attached hydrogens (tertiary/aromatic N) is 6. The van der Waals surface area contributed by atoms with E-state index in [1.54, 1.807) is 41.5 Å². The predicted octanol–water partition coefficient (Wildman–Crippen LogP) is 10.6. The lowest BCUT2D eigenvalue weighted by Crippen LogP contribution is -2.57. The highest BCUT2D eigenvalue weighted by atomic mass is 32.1. The molecule has 5 amide bonds. The third-order valence-electron chi connectivity index (χ3n) is 15.8. The van der Waals surface area contributed by atoms with E-state index in [0.29, 0.717) is 97.3 Å². The molecule has 22 heteroatoms. The van der Waals surface area contributed by atoms with E-state index < -0.39 is 41.3 Å². The van der Waals surface area contributed by atoms with Gasteiger partial charge in [-0.2, -0.15) is 0 Å². The van der Waals surface area contributed by atoms with Crippen LogP contribution in [-0.4, -0.2) is 122 Å². The standard InChI is InChI=1S/C64H74FN9O9S3/c1-38(40-26-28-43(29-27-40)56-39(2)66-37-84-56)67-59(79)49-34-44(75)35-74(49)60(80)57(64(3,4)5)69-52(76)24-8-7-9-25-53(77)72(6)31-14-18-42-17-13-20-47(65)55(42)83-33-15-23-51-54(61(81)82)70-63(86-51)73-32-30-41-16-12-19-45(46(41)36-73)58(78)71-62-68-48-21-10-11-22-50(48)85-62/h10-13,16-17,19-22,26-29,37-38,44,49,57,75H,7-9,14-15,18,23-25,30-36H2,1-6H3,(H,67,79)(H,69,76)(H,81,82)(H,68,71,78)/t38-,44+,49-,57+/m0/s1. The minimum Gasteiger partial charge on any atom is -0.490 e. The Morgan fingerprint density at radius 1 is 0.884 bits per heavy atom. The number of nitrogens with one attached hydrogen (secondary N) is 3. The molecule has 3 aromatic heterocycles. The van der Waals surface area contributed by atoms with E-state index in [0.717, 1.165) is 43.0 Å². The number of benzene rings is 4. The molecule has 2 aliphatic rings. The fourth-order valence-electron chi connectivity index (χ4n) is 11.0. The molecular formula is C64H74FN9O9S3. The van der Waals surface area contributed by atoms with Crippen LogP contribution in [0.2, 0.25) is 0 Å². The van der Waals surface area contributed by atoms with Gasteiger partial charge in [0.25, 0.3) is 5.91 Å². The number of hydrogen-bond acceptors (Lipinski definition) is 15. The lowest BCUT2D eigenvalue weighted by atomic mass is 9.85. The van der Waals surface area contributed by atoms with Crippen LogP contribution >= 0.6 is 34.0 Å². The van der Waals surface area contributed by atoms with Crippen LogP contribution in [-0.2, 0) is 45.0 Å². The van der Waals surface area contributed by atoms with Crippen molar-refractivity contribution in [3.8, 4) is 16.2 Å². The van der Waals surface area contributed by atoms with Gasteiger partial charge in [-0.25, -0.2) is 24.1 Å². The summed E-state index contributed by atoms with van der Waals surface area (Å²) in [6.45, 7) is 10.8. The summed E-state index contributed by atoms with van der Waals surface area (Å²) in [5.74, 6) is -3.02. The number of thiazole rings is 3. The molecule has 0 spiro atoms. The Bertz CT molecular complexity index is 3550. The van der Waals surface area contributed by atoms with Crippen LogP contribution in [0.25, 0.3) is 20.7 Å². The van der Waals surface area contributed by atoms with Gasteiger partial charge in [0.05, 0.1) is 45.1 Å². The van der Waals surface area contributed by atoms with Gasteiger partial charge in [0.15, 0.2) is 27.5 Å². The Labute approximate surface area is 512 Å². The van der Waals surface area contributed by atoms with Crippen LogP contribution in [0, 0.1) is 18.2 Å². The lowest BCUT2D eigenvalue weighted by Gasteiger charge is -2.35. The highest BCUT2D eigenvalue weighted by Crippen LogP contribution is 2.35. The Kier molecular flexibility index (Phi) is 20.6. The summed E-state index contributed by atoms with van der Waals surface area (Å²) in [6.07, 6.45) is 3.59. The molecule has 0 radical (unpaired) electrons. The summed E-state index contributed by atoms with van der Waals surface area (Å²) in [4.78, 5) is 101. The number of likely N-dealkylation sites (tertiary alicyclic amines) is 1. The van der Waals surface area contributed by atoms with Gasteiger partial charge in [-0.15, -0.1) is 22.7 Å². The number of fused-ring (bicyclic) bond motifs is 2. The number of rotatable bonds is 25. The van der Waals surface area contributed by atoms with Gasteiger partial charge in [-0.1, -0.05) is 99.2 Å². The highest BCUT2D eigenvalue weighted by molar-refractivity contribution is 7.22. The minimum atomic E-state index is -1.15. The number of halogens is 1. The first kappa shape index (κ1) is 62.9. The smallest absolute Gasteiger partial charge is 0.355 e. The molecule has 4 aromatic carbocycles. The Morgan fingerprint density at radius 3 is 2.40 bits per heavy atom. The van der Waals surface area contributed by atoms with Gasteiger partial charge in [-0.05, 0) is 116 Å². The molecule has 0 unspecified atom stereocenters. The van der Waals surface area contributed by atoms with Crippen LogP contribution in [0.1, 0.15) is 139 Å². The SMILES string of the molecule is Cc1ncsc1-c1ccc([C@H](C)NC(=O)[C@@H]2C[C@@H](O)CN2C(=O)[C@@H](NC(=O)CCCCCC(=O)N(C)CCCc2cccc(F)c2OCCCc2sc(N3CCc4cccc(C(=O)Nc5nc6ccccc6s5)c4C3)nc2C(=O)O)C(C)(C)C)cc1. The maximum atomic E-state index is 15.3. The second kappa shape index (κ2) is 28.2. The number of β-amino-alcohol motifs (C(OH)–C–C–N with tert-alkyl or cyclic N) is 1. The average Bonchev–Trinajstić information content (AvgIpc) is 1.91. The van der Waals surface area contributed by atoms with Crippen molar-refractivity contribution >= 4 is 90.0 Å². The first-order chi connectivity index (χ1) is 41.2. The monoisotopic (exact) mass is 1230 g/mol. The number of aliphatic hydroxyl groups excluding tert-OH is 1. The third-order valence-corrected chi connectivity index (χ3v) is 18.9. The molecule has 7 aromatic rings. The number of carbonyl (C=O) groups is 6. The van der Waals surface area contributed by atoms with Crippen molar-refractivity contribution < 1.29 is 48.1 Å². The fourth-order valence-corrected chi connectivity index (χ4v) is 13.8. The molecule has 2 aliphatic heterocycles. The first-order valence-corrected chi connectivity index (χ1v) is 31.7. The van der Waals surface area contributed by atoms with E-state index in [1.807, 2.05) is 106 Å². The number of aromatic carboxylic acids is 1. The number of amides is 5. The van der Waals surface area contributed by atoms with Crippen molar-refractivity contribution in [1.82, 2.24) is 35.4 Å². The summed E-state index contributed by atoms with van der Waals surface area (Å²) >= 11 is 4.26. The van der Waals surface area contributed by atoms with Gasteiger partial charge in [0.2, 0.25) is 23.6 Å². The summed E-state index contributed by atoms with van der Waals surface area (Å²) in [7, 11) is 1.73. The van der Waals surface area contributed by atoms with Gasteiger partial charge in [-0.3, -0.25) is 29.3 Å². The topological polar surface area (TPSA) is 237 Å². The Morgan fingerprint density at radius 2 is 1.65 bits per heavy atom. The normalized spacial score (nSPS) is 15.7. The van der Waals surface area contributed by atoms with Crippen molar-refractivity contribution in [1.29, 1.82) is 0 Å². The van der Waals surface area contributed by atoms with Crippen molar-refractivity contribution in [2.45, 2.75) is 136 Å². The van der Waals surface area contributed by atoms with E-state index in [-0.39, 0.29) is 73.5 Å². The van der Waals surface area contributed by atoms with E-state index >= 15 is 4.39 Å². The van der Waals surface area contributed by atoms with Crippen molar-refractivity contribution in [3.05, 3.63) is 140 Å². The molecule has 86 heavy (non-hydrogen) atoms. The number of para-hydroxylation sites is 2. The van der Waals surface area contributed by atoms with Crippen molar-refractivity contribution in [2.75, 3.05) is 43.5 Å². The number of aliphatic hydroxyl groups is 1. The maximum absolute atomic E-state index is 15.3.